The van der Waals surface area contributed by atoms with Crippen LogP contribution in [0.3, 0.4) is 0 Å². The maximum absolute atomic E-state index is 13.5. The van der Waals surface area contributed by atoms with E-state index in [1.807, 2.05) is 13.0 Å². The molecule has 0 atom stereocenters. The highest BCUT2D eigenvalue weighted by Gasteiger charge is 2.27. The van der Waals surface area contributed by atoms with Crippen molar-refractivity contribution in [1.29, 1.82) is 0 Å². The summed E-state index contributed by atoms with van der Waals surface area (Å²) < 4.78 is 56.3. The van der Waals surface area contributed by atoms with E-state index < -0.39 is 32.5 Å². The van der Waals surface area contributed by atoms with Crippen molar-refractivity contribution in [3.05, 3.63) is 112 Å². The van der Waals surface area contributed by atoms with Crippen LogP contribution in [0.5, 0.6) is 0 Å². The summed E-state index contributed by atoms with van der Waals surface area (Å²) in [6.45, 7) is 3.04. The molecule has 4 aromatic rings. The van der Waals surface area contributed by atoms with Gasteiger partial charge in [0.05, 0.1) is 21.2 Å². The second kappa shape index (κ2) is 11.9. The van der Waals surface area contributed by atoms with Crippen LogP contribution in [0.15, 0.2) is 101 Å². The van der Waals surface area contributed by atoms with Crippen molar-refractivity contribution in [1.82, 2.24) is 0 Å². The zero-order valence-electron chi connectivity index (χ0n) is 21.4. The molecule has 0 aliphatic rings. The van der Waals surface area contributed by atoms with Crippen LogP contribution >= 0.6 is 23.2 Å². The van der Waals surface area contributed by atoms with Crippen LogP contribution in [0, 0.1) is 13.8 Å². The van der Waals surface area contributed by atoms with Crippen LogP contribution in [0.1, 0.15) is 11.1 Å². The Morgan fingerprint density at radius 3 is 2.05 bits per heavy atom. The normalized spacial score (nSPS) is 11.6. The number of carbonyl (C=O) groups excluding carboxylic acids is 1. The molecule has 0 radical (unpaired) electrons. The number of carbonyl (C=O) groups is 1. The number of nitrogens with zero attached hydrogens (tertiary/aromatic N) is 1. The van der Waals surface area contributed by atoms with Crippen molar-refractivity contribution in [3.63, 3.8) is 0 Å². The molecular weight excluding hydrogens is 593 g/mol. The van der Waals surface area contributed by atoms with E-state index in [1.165, 1.54) is 54.6 Å². The summed E-state index contributed by atoms with van der Waals surface area (Å²) in [6.07, 6.45) is 0. The molecule has 12 heteroatoms. The average Bonchev–Trinajstić information content (AvgIpc) is 2.90. The second-order valence-corrected chi connectivity index (χ2v) is 13.4. The van der Waals surface area contributed by atoms with Crippen LogP contribution in [-0.4, -0.2) is 29.3 Å². The predicted molar refractivity (Wildman–Crippen MR) is 159 cm³/mol. The van der Waals surface area contributed by atoms with Gasteiger partial charge in [-0.3, -0.25) is 13.8 Å². The number of aryl methyl sites for hydroxylation is 2. The Hall–Kier alpha value is -3.57. The summed E-state index contributed by atoms with van der Waals surface area (Å²) in [7, 11) is -8.05. The topological polar surface area (TPSA) is 113 Å². The van der Waals surface area contributed by atoms with Crippen molar-refractivity contribution in [2.75, 3.05) is 20.9 Å². The van der Waals surface area contributed by atoms with Crippen molar-refractivity contribution in [2.45, 2.75) is 23.6 Å². The van der Waals surface area contributed by atoms with Gasteiger partial charge in [-0.2, -0.15) is 0 Å². The van der Waals surface area contributed by atoms with Gasteiger partial charge in [-0.25, -0.2) is 16.8 Å². The van der Waals surface area contributed by atoms with Gasteiger partial charge in [-0.05, 0) is 97.8 Å². The maximum atomic E-state index is 13.5. The van der Waals surface area contributed by atoms with Crippen LogP contribution in [0.2, 0.25) is 10.0 Å². The summed E-state index contributed by atoms with van der Waals surface area (Å²) in [5.74, 6) is -0.623. The molecule has 0 unspecified atom stereocenters. The van der Waals surface area contributed by atoms with Gasteiger partial charge in [-0.1, -0.05) is 41.4 Å². The van der Waals surface area contributed by atoms with Gasteiger partial charge in [0.1, 0.15) is 6.54 Å². The van der Waals surface area contributed by atoms with E-state index in [1.54, 1.807) is 37.3 Å². The van der Waals surface area contributed by atoms with Crippen molar-refractivity contribution in [2.24, 2.45) is 0 Å². The first-order valence-corrected chi connectivity index (χ1v) is 15.6. The fourth-order valence-electron chi connectivity index (χ4n) is 3.79. The van der Waals surface area contributed by atoms with Gasteiger partial charge in [0.15, 0.2) is 0 Å². The van der Waals surface area contributed by atoms with Gasteiger partial charge < -0.3 is 5.32 Å². The first kappa shape index (κ1) is 29.4. The fourth-order valence-corrected chi connectivity index (χ4v) is 6.62. The Bertz CT molecular complexity index is 1760. The number of sulfonamides is 2. The molecule has 0 aliphatic heterocycles. The molecule has 0 heterocycles. The van der Waals surface area contributed by atoms with Crippen LogP contribution in [-0.2, 0) is 24.8 Å². The molecule has 0 fully saturated rings. The molecule has 0 saturated carbocycles. The smallest absolute Gasteiger partial charge is 0.264 e. The number of hydrogen-bond donors (Lipinski definition) is 2. The Morgan fingerprint density at radius 2 is 1.40 bits per heavy atom. The van der Waals surface area contributed by atoms with E-state index in [-0.39, 0.29) is 15.5 Å². The van der Waals surface area contributed by atoms with E-state index >= 15 is 0 Å². The van der Waals surface area contributed by atoms with E-state index in [0.29, 0.717) is 27.0 Å². The van der Waals surface area contributed by atoms with Gasteiger partial charge in [0.2, 0.25) is 5.91 Å². The summed E-state index contributed by atoms with van der Waals surface area (Å²) in [5, 5.41) is 3.40. The van der Waals surface area contributed by atoms with Crippen LogP contribution < -0.4 is 14.3 Å². The third kappa shape index (κ3) is 6.95. The quantitative estimate of drug-likeness (QED) is 0.231. The van der Waals surface area contributed by atoms with Crippen molar-refractivity contribution >= 4 is 66.2 Å². The molecule has 0 saturated heterocycles. The van der Waals surface area contributed by atoms with Crippen molar-refractivity contribution in [3.8, 4) is 0 Å². The molecule has 0 aliphatic carbocycles. The Morgan fingerprint density at radius 1 is 0.775 bits per heavy atom. The first-order valence-electron chi connectivity index (χ1n) is 11.9. The largest absolute Gasteiger partial charge is 0.325 e. The van der Waals surface area contributed by atoms with Gasteiger partial charge in [-0.15, -0.1) is 0 Å². The standard InChI is InChI=1S/C28H25Cl2N3O5S2/c1-19-4-3-5-24(16-19)33(40(37,38)26-12-8-21(29)9-13-26)18-28(34)31-23-10-14-25(15-11-23)39(35,36)32-27-17-22(30)7-6-20(27)2/h3-17,32H,18H2,1-2H3,(H,31,34). The lowest BCUT2D eigenvalue weighted by Gasteiger charge is -2.24. The first-order chi connectivity index (χ1) is 18.8. The van der Waals surface area contributed by atoms with Gasteiger partial charge >= 0.3 is 0 Å². The number of benzene rings is 4. The molecule has 4 aromatic carbocycles. The summed E-state index contributed by atoms with van der Waals surface area (Å²) >= 11 is 11.9. The monoisotopic (exact) mass is 617 g/mol. The predicted octanol–water partition coefficient (Wildman–Crippen LogP) is 6.25. The summed E-state index contributed by atoms with van der Waals surface area (Å²) in [6, 6.07) is 22.8. The number of hydrogen-bond acceptors (Lipinski definition) is 5. The number of nitrogens with one attached hydrogen (secondary N) is 2. The molecule has 4 rings (SSSR count). The fraction of sp³-hybridized carbons (Fsp3) is 0.107. The molecule has 0 spiro atoms. The summed E-state index contributed by atoms with van der Waals surface area (Å²) in [4.78, 5) is 13.0. The Kier molecular flexibility index (Phi) is 8.74. The lowest BCUT2D eigenvalue weighted by Crippen LogP contribution is -2.38. The maximum Gasteiger partial charge on any atom is 0.264 e. The highest BCUT2D eigenvalue weighted by Crippen LogP contribution is 2.27. The minimum absolute atomic E-state index is 0.0248. The van der Waals surface area contributed by atoms with E-state index in [9.17, 15) is 21.6 Å². The van der Waals surface area contributed by atoms with E-state index in [0.717, 1.165) is 9.87 Å². The Labute approximate surface area is 243 Å². The number of rotatable bonds is 9. The third-order valence-corrected chi connectivity index (χ3v) is 9.53. The molecular formula is C28H25Cl2N3O5S2. The summed E-state index contributed by atoms with van der Waals surface area (Å²) in [5.41, 5.74) is 2.46. The molecule has 0 bridgehead atoms. The zero-order chi connectivity index (χ0) is 29.1. The van der Waals surface area contributed by atoms with Crippen LogP contribution in [0.25, 0.3) is 0 Å². The van der Waals surface area contributed by atoms with E-state index in [4.69, 9.17) is 23.2 Å². The minimum atomic E-state index is -4.12. The SMILES string of the molecule is Cc1cccc(N(CC(=O)Nc2ccc(S(=O)(=O)Nc3cc(Cl)ccc3C)cc2)S(=O)(=O)c2ccc(Cl)cc2)c1. The molecule has 8 nitrogen and oxygen atoms in total. The molecule has 2 N–H and O–H groups in total. The number of anilines is 3. The molecule has 1 amide bonds. The van der Waals surface area contributed by atoms with Gasteiger partial charge in [0.25, 0.3) is 20.0 Å². The highest BCUT2D eigenvalue weighted by molar-refractivity contribution is 7.93. The third-order valence-electron chi connectivity index (χ3n) is 5.87. The second-order valence-electron chi connectivity index (χ2n) is 8.94. The van der Waals surface area contributed by atoms with E-state index in [2.05, 4.69) is 10.0 Å². The molecule has 208 valence electrons. The molecule has 0 aromatic heterocycles. The highest BCUT2D eigenvalue weighted by atomic mass is 35.5. The zero-order valence-corrected chi connectivity index (χ0v) is 24.6. The van der Waals surface area contributed by atoms with Gasteiger partial charge in [0, 0.05) is 15.7 Å². The van der Waals surface area contributed by atoms with Crippen LogP contribution in [0.4, 0.5) is 17.1 Å². The van der Waals surface area contributed by atoms with Crippen molar-refractivity contribution < 1.29 is 21.6 Å². The number of amides is 1. The minimum Gasteiger partial charge on any atom is -0.325 e. The Balaban J connectivity index is 1.54. The average molecular weight is 619 g/mol. The molecule has 40 heavy (non-hydrogen) atoms. The lowest BCUT2D eigenvalue weighted by atomic mass is 10.2. The lowest BCUT2D eigenvalue weighted by molar-refractivity contribution is -0.114. The number of halogens is 2.